The number of alkyl halides is 1. The van der Waals surface area contributed by atoms with Crippen molar-refractivity contribution in [3.8, 4) is 12.1 Å². The van der Waals surface area contributed by atoms with Crippen LogP contribution in [0.4, 0.5) is 18.2 Å². The Bertz CT molecular complexity index is 1450. The second-order valence-corrected chi connectivity index (χ2v) is 11.0. The SMILES string of the molecule is C1CCNC1.CO.COc1nc2c(F)c(/C=C/C=C/F)c(Cl)cc2c(=O)[nH]1.FC1CC2CCCN2C1.N#Cc1ccsc1N. The van der Waals surface area contributed by atoms with Crippen LogP contribution < -0.4 is 21.3 Å². The number of aromatic amines is 1. The van der Waals surface area contributed by atoms with Gasteiger partial charge < -0.3 is 20.9 Å². The van der Waals surface area contributed by atoms with Gasteiger partial charge in [0.25, 0.3) is 11.6 Å². The second kappa shape index (κ2) is 19.8. The first-order valence-electron chi connectivity index (χ1n) is 13.9. The number of nitrogen functional groups attached to an aromatic ring is 1. The molecule has 240 valence electrons. The lowest BCUT2D eigenvalue weighted by Crippen LogP contribution is -2.22. The van der Waals surface area contributed by atoms with Gasteiger partial charge in [0, 0.05) is 25.3 Å². The van der Waals surface area contributed by atoms with E-state index in [9.17, 15) is 18.0 Å². The molecule has 14 heteroatoms. The number of fused-ring (bicyclic) bond motifs is 2. The number of aliphatic hydroxyl groups excluding tert-OH is 1. The maximum absolute atomic E-state index is 14.3. The molecule has 1 aromatic carbocycles. The highest BCUT2D eigenvalue weighted by Gasteiger charge is 2.34. The number of nitrogens with zero attached hydrogens (tertiary/aromatic N) is 3. The van der Waals surface area contributed by atoms with Crippen LogP contribution in [0.2, 0.25) is 5.02 Å². The van der Waals surface area contributed by atoms with Gasteiger partial charge in [-0.25, -0.2) is 13.2 Å². The smallest absolute Gasteiger partial charge is 0.296 e. The molecular formula is C30H38ClF3N6O3S. The first-order chi connectivity index (χ1) is 21.3. The standard InChI is InChI=1S/C13H9ClF2N2O2.C7H12FN.C5H4N2S.C4H9N.CH4O/c1-20-13-17-11-8(12(19)18-13)6-9(14)7(10(11)16)4-2-3-5-15;8-6-4-7-2-1-3-9(7)5-6;6-3-4-1-2-8-5(4)7;1-2-4-5-3-1;1-2/h2-6H,1H3,(H,17,18,19);6-7H,1-5H2;1-2H,7H2;5H,1-4H2;2H,1H3/b4-2+,5-3+;;;;. The van der Waals surface area contributed by atoms with Crippen LogP contribution >= 0.6 is 22.9 Å². The molecule has 0 radical (unpaired) electrons. The number of thiophene rings is 1. The molecule has 5 heterocycles. The molecule has 0 bridgehead atoms. The number of methoxy groups -OCH3 is 1. The van der Waals surface area contributed by atoms with E-state index in [4.69, 9.17) is 32.4 Å². The molecule has 44 heavy (non-hydrogen) atoms. The summed E-state index contributed by atoms with van der Waals surface area (Å²) >= 11 is 7.30. The topological polar surface area (TPSA) is 140 Å². The van der Waals surface area contributed by atoms with Gasteiger partial charge in [-0.15, -0.1) is 11.3 Å². The monoisotopic (exact) mass is 654 g/mol. The summed E-state index contributed by atoms with van der Waals surface area (Å²) in [5.74, 6) is -0.777. The molecule has 3 fully saturated rings. The number of aromatic nitrogens is 2. The molecule has 3 aliphatic rings. The van der Waals surface area contributed by atoms with E-state index < -0.39 is 17.5 Å². The van der Waals surface area contributed by atoms with E-state index in [2.05, 4.69) is 20.2 Å². The predicted octanol–water partition coefficient (Wildman–Crippen LogP) is 5.59. The van der Waals surface area contributed by atoms with Crippen LogP contribution in [0.3, 0.4) is 0 Å². The number of nitrogens with two attached hydrogens (primary N) is 1. The van der Waals surface area contributed by atoms with Gasteiger partial charge in [-0.3, -0.25) is 14.7 Å². The van der Waals surface area contributed by atoms with Crippen molar-refractivity contribution in [3.05, 3.63) is 68.3 Å². The summed E-state index contributed by atoms with van der Waals surface area (Å²) in [5, 5.41) is 20.9. The van der Waals surface area contributed by atoms with Crippen LogP contribution in [-0.4, -0.2) is 72.6 Å². The molecule has 3 aromatic rings. The number of aliphatic hydroxyl groups is 1. The van der Waals surface area contributed by atoms with Crippen molar-refractivity contribution in [2.45, 2.75) is 44.3 Å². The first-order valence-corrected chi connectivity index (χ1v) is 15.2. The Labute approximate surface area is 263 Å². The Hall–Kier alpha value is -3.41. The highest BCUT2D eigenvalue weighted by Crippen LogP contribution is 2.29. The van der Waals surface area contributed by atoms with Crippen molar-refractivity contribution in [3.63, 3.8) is 0 Å². The normalized spacial score (nSPS) is 18.7. The fourth-order valence-corrected chi connectivity index (χ4v) is 5.55. The molecule has 0 aliphatic carbocycles. The number of hydrogen-bond donors (Lipinski definition) is 4. The summed E-state index contributed by atoms with van der Waals surface area (Å²) < 4.78 is 43.6. The van der Waals surface area contributed by atoms with Crippen molar-refractivity contribution in [2.24, 2.45) is 0 Å². The van der Waals surface area contributed by atoms with Gasteiger partial charge in [0.1, 0.15) is 22.8 Å². The summed E-state index contributed by atoms with van der Waals surface area (Å²) in [6.07, 6.45) is 9.53. The van der Waals surface area contributed by atoms with E-state index in [-0.39, 0.29) is 27.5 Å². The zero-order valence-electron chi connectivity index (χ0n) is 24.7. The van der Waals surface area contributed by atoms with Gasteiger partial charge in [-0.1, -0.05) is 23.8 Å². The Morgan fingerprint density at radius 3 is 2.55 bits per heavy atom. The van der Waals surface area contributed by atoms with Gasteiger partial charge in [-0.2, -0.15) is 10.2 Å². The summed E-state index contributed by atoms with van der Waals surface area (Å²) in [4.78, 5) is 20.2. The molecule has 5 N–H and O–H groups in total. The third-order valence-electron chi connectivity index (χ3n) is 6.78. The predicted molar refractivity (Wildman–Crippen MR) is 171 cm³/mol. The molecule has 2 aromatic heterocycles. The van der Waals surface area contributed by atoms with Crippen molar-refractivity contribution in [1.82, 2.24) is 20.2 Å². The van der Waals surface area contributed by atoms with Crippen LogP contribution in [0.1, 0.15) is 43.2 Å². The number of anilines is 1. The van der Waals surface area contributed by atoms with Crippen LogP contribution in [0.15, 0.2) is 40.8 Å². The van der Waals surface area contributed by atoms with E-state index in [0.29, 0.717) is 29.5 Å². The van der Waals surface area contributed by atoms with Gasteiger partial charge in [0.2, 0.25) is 0 Å². The number of halogens is 4. The summed E-state index contributed by atoms with van der Waals surface area (Å²) in [6, 6.07) is 5.47. The Kier molecular flexibility index (Phi) is 16.5. The molecular weight excluding hydrogens is 617 g/mol. The number of H-pyrrole nitrogens is 1. The van der Waals surface area contributed by atoms with Crippen LogP contribution in [0, 0.1) is 17.1 Å². The van der Waals surface area contributed by atoms with Gasteiger partial charge in [0.15, 0.2) is 5.82 Å². The van der Waals surface area contributed by atoms with Crippen LogP contribution in [0.25, 0.3) is 17.0 Å². The number of rotatable bonds is 3. The third kappa shape index (κ3) is 10.9. The number of ether oxygens (including phenoxy) is 1. The molecule has 3 saturated heterocycles. The van der Waals surface area contributed by atoms with E-state index in [0.717, 1.165) is 26.2 Å². The fraction of sp³-hybridized carbons (Fsp3) is 0.433. The minimum Gasteiger partial charge on any atom is -0.468 e. The summed E-state index contributed by atoms with van der Waals surface area (Å²) in [6.45, 7) is 4.36. The molecule has 6 rings (SSSR count). The maximum atomic E-state index is 14.3. The van der Waals surface area contributed by atoms with Crippen molar-refractivity contribution in [1.29, 1.82) is 5.26 Å². The van der Waals surface area contributed by atoms with Crippen molar-refractivity contribution >= 4 is 44.9 Å². The molecule has 2 atom stereocenters. The Morgan fingerprint density at radius 2 is 2.02 bits per heavy atom. The van der Waals surface area contributed by atoms with Crippen molar-refractivity contribution < 1.29 is 23.0 Å². The average Bonchev–Trinajstić information content (AvgIpc) is 3.85. The lowest BCUT2D eigenvalue weighted by atomic mass is 10.1. The number of allylic oxidation sites excluding steroid dienone is 2. The van der Waals surface area contributed by atoms with Crippen molar-refractivity contribution in [2.75, 3.05) is 46.1 Å². The minimum absolute atomic E-state index is 0.00600. The molecule has 0 saturated carbocycles. The van der Waals surface area contributed by atoms with E-state index in [1.54, 1.807) is 11.4 Å². The zero-order valence-corrected chi connectivity index (χ0v) is 26.2. The number of nitrogens with one attached hydrogen (secondary N) is 2. The highest BCUT2D eigenvalue weighted by atomic mass is 35.5. The third-order valence-corrected chi connectivity index (χ3v) is 7.84. The van der Waals surface area contributed by atoms with Gasteiger partial charge >= 0.3 is 0 Å². The second-order valence-electron chi connectivity index (χ2n) is 9.63. The average molecular weight is 655 g/mol. The first kappa shape index (κ1) is 36.8. The van der Waals surface area contributed by atoms with Crippen LogP contribution in [-0.2, 0) is 0 Å². The number of nitriles is 1. The zero-order chi connectivity index (χ0) is 32.5. The van der Waals surface area contributed by atoms with E-state index >= 15 is 0 Å². The Morgan fingerprint density at radius 1 is 1.30 bits per heavy atom. The summed E-state index contributed by atoms with van der Waals surface area (Å²) in [7, 11) is 2.30. The molecule has 0 spiro atoms. The lowest BCUT2D eigenvalue weighted by Gasteiger charge is -2.11. The van der Waals surface area contributed by atoms with Crippen LogP contribution in [0.5, 0.6) is 6.01 Å². The minimum atomic E-state index is -0.777. The number of benzene rings is 1. The Balaban J connectivity index is 0.000000230. The molecule has 2 unspecified atom stereocenters. The lowest BCUT2D eigenvalue weighted by molar-refractivity contribution is 0.292. The van der Waals surface area contributed by atoms with E-state index in [1.165, 1.54) is 75.4 Å². The highest BCUT2D eigenvalue weighted by molar-refractivity contribution is 7.14. The number of hydrogen-bond acceptors (Lipinski definition) is 9. The van der Waals surface area contributed by atoms with Gasteiger partial charge in [0.05, 0.1) is 29.4 Å². The largest absolute Gasteiger partial charge is 0.468 e. The quantitative estimate of drug-likeness (QED) is 0.268. The fourth-order valence-electron chi connectivity index (χ4n) is 4.71. The summed E-state index contributed by atoms with van der Waals surface area (Å²) in [5.41, 5.74) is 5.21. The maximum Gasteiger partial charge on any atom is 0.296 e. The van der Waals surface area contributed by atoms with E-state index in [1.807, 2.05) is 6.07 Å². The molecule has 0 amide bonds. The molecule has 3 aliphatic heterocycles. The van der Waals surface area contributed by atoms with Gasteiger partial charge in [-0.05, 0) is 75.3 Å². The molecule has 9 nitrogen and oxygen atoms in total.